The van der Waals surface area contributed by atoms with Crippen molar-refractivity contribution in [2.45, 2.75) is 25.4 Å². The molecule has 0 bridgehead atoms. The lowest BCUT2D eigenvalue weighted by molar-refractivity contribution is -0.139. The highest BCUT2D eigenvalue weighted by atomic mass is 16.4. The number of amides is 4. The number of phenolic OH excluding ortho intramolecular Hbond substituents is 2. The fourth-order valence-corrected chi connectivity index (χ4v) is 3.78. The first-order valence-electron chi connectivity index (χ1n) is 11.0. The largest absolute Gasteiger partial charge is 0.504 e. The van der Waals surface area contributed by atoms with Crippen LogP contribution < -0.4 is 20.4 Å². The molecule has 194 valence electrons. The smallest absolute Gasteiger partial charge is 0.305 e. The number of aldehydes is 1. The van der Waals surface area contributed by atoms with Gasteiger partial charge in [0.2, 0.25) is 11.8 Å². The van der Waals surface area contributed by atoms with Crippen molar-refractivity contribution in [1.29, 1.82) is 0 Å². The number of carbonyl (C=O) groups is 6. The average Bonchev–Trinajstić information content (AvgIpc) is 2.95. The van der Waals surface area contributed by atoms with Crippen LogP contribution in [0.15, 0.2) is 42.5 Å². The molecule has 4 amide bonds. The minimum absolute atomic E-state index is 0.0778. The second kappa shape index (κ2) is 11.2. The second-order valence-corrected chi connectivity index (χ2v) is 8.18. The quantitative estimate of drug-likeness (QED) is 0.234. The number of carbonyl (C=O) groups excluding carboxylic acids is 5. The van der Waals surface area contributed by atoms with E-state index in [1.165, 1.54) is 24.0 Å². The minimum Gasteiger partial charge on any atom is -0.504 e. The van der Waals surface area contributed by atoms with Crippen LogP contribution in [0.4, 0.5) is 11.4 Å². The molecule has 1 aliphatic heterocycles. The summed E-state index contributed by atoms with van der Waals surface area (Å²) in [4.78, 5) is 75.9. The Morgan fingerprint density at radius 1 is 1.08 bits per heavy atom. The molecule has 13 nitrogen and oxygen atoms in total. The predicted octanol–water partition coefficient (Wildman–Crippen LogP) is -0.246. The summed E-state index contributed by atoms with van der Waals surface area (Å²) in [6.45, 7) is 0.341. The van der Waals surface area contributed by atoms with E-state index in [0.29, 0.717) is 0 Å². The van der Waals surface area contributed by atoms with Gasteiger partial charge in [0, 0.05) is 12.5 Å². The molecule has 3 rings (SSSR count). The summed E-state index contributed by atoms with van der Waals surface area (Å²) in [6.07, 6.45) is -0.395. The molecule has 0 saturated heterocycles. The summed E-state index contributed by atoms with van der Waals surface area (Å²) in [5, 5.41) is 32.8. The molecule has 13 heteroatoms. The van der Waals surface area contributed by atoms with E-state index >= 15 is 0 Å². The Kier molecular flexibility index (Phi) is 8.07. The molecule has 2 aromatic carbocycles. The van der Waals surface area contributed by atoms with E-state index in [2.05, 4.69) is 10.6 Å². The van der Waals surface area contributed by atoms with Crippen molar-refractivity contribution in [3.05, 3.63) is 48.0 Å². The van der Waals surface area contributed by atoms with Crippen LogP contribution in [0.25, 0.3) is 0 Å². The highest BCUT2D eigenvalue weighted by molar-refractivity contribution is 6.10. The minimum atomic E-state index is -1.34. The summed E-state index contributed by atoms with van der Waals surface area (Å²) in [5.74, 6) is -5.16. The van der Waals surface area contributed by atoms with Crippen molar-refractivity contribution >= 4 is 47.3 Å². The number of hydrogen-bond acceptors (Lipinski definition) is 8. The maximum atomic E-state index is 13.6. The van der Waals surface area contributed by atoms with Crippen molar-refractivity contribution in [2.75, 3.05) is 22.9 Å². The van der Waals surface area contributed by atoms with E-state index in [-0.39, 0.29) is 29.8 Å². The van der Waals surface area contributed by atoms with E-state index in [4.69, 9.17) is 5.11 Å². The molecule has 0 radical (unpaired) electrons. The molecule has 0 fully saturated rings. The number of nitrogens with zero attached hydrogens (tertiary/aromatic N) is 2. The number of fused-ring (bicyclic) bond motifs is 1. The van der Waals surface area contributed by atoms with Crippen LogP contribution >= 0.6 is 0 Å². The number of anilines is 2. The summed E-state index contributed by atoms with van der Waals surface area (Å²) >= 11 is 0. The molecule has 0 aliphatic carbocycles. The number of carboxylic acids is 1. The van der Waals surface area contributed by atoms with Gasteiger partial charge in [-0.05, 0) is 30.3 Å². The van der Waals surface area contributed by atoms with Gasteiger partial charge in [0.15, 0.2) is 11.5 Å². The van der Waals surface area contributed by atoms with Gasteiger partial charge in [0.05, 0.1) is 30.4 Å². The predicted molar refractivity (Wildman–Crippen MR) is 128 cm³/mol. The molecule has 1 heterocycles. The van der Waals surface area contributed by atoms with Crippen molar-refractivity contribution < 1.29 is 44.1 Å². The number of rotatable bonds is 8. The van der Waals surface area contributed by atoms with Crippen LogP contribution in [0, 0.1) is 0 Å². The van der Waals surface area contributed by atoms with Crippen molar-refractivity contribution in [1.82, 2.24) is 10.6 Å². The van der Waals surface area contributed by atoms with Gasteiger partial charge in [0.25, 0.3) is 11.8 Å². The van der Waals surface area contributed by atoms with Crippen LogP contribution in [-0.4, -0.2) is 76.4 Å². The van der Waals surface area contributed by atoms with Gasteiger partial charge in [-0.15, -0.1) is 0 Å². The van der Waals surface area contributed by atoms with Crippen LogP contribution in [0.3, 0.4) is 0 Å². The van der Waals surface area contributed by atoms with Crippen molar-refractivity contribution in [2.24, 2.45) is 0 Å². The van der Waals surface area contributed by atoms with Gasteiger partial charge in [-0.25, -0.2) is 0 Å². The lowest BCUT2D eigenvalue weighted by Gasteiger charge is -2.25. The van der Waals surface area contributed by atoms with Gasteiger partial charge in [-0.2, -0.15) is 0 Å². The highest BCUT2D eigenvalue weighted by Gasteiger charge is 2.37. The first kappa shape index (κ1) is 26.7. The van der Waals surface area contributed by atoms with Gasteiger partial charge < -0.3 is 35.6 Å². The molecule has 2 aromatic rings. The summed E-state index contributed by atoms with van der Waals surface area (Å²) in [5.41, 5.74) is 0.386. The fraction of sp³-hybridized carbons (Fsp3) is 0.250. The standard InChI is InChI=1S/C24H24N4O9/c1-13(30)27-10-16(26-23(36)14-6-7-19(31)20(32)8-14)24(37)28(18-5-3-2-4-17(18)27)11-21(33)25-15(12-29)9-22(34)35/h2-8,12,15-16,31-32H,9-11H2,1H3,(H,25,33)(H,26,36)(H,34,35)/t15-,16-/m0/s1. The van der Waals surface area contributed by atoms with Gasteiger partial charge in [-0.3, -0.25) is 28.9 Å². The van der Waals surface area contributed by atoms with Gasteiger partial charge in [0.1, 0.15) is 18.9 Å². The molecule has 1 aliphatic rings. The molecule has 5 N–H and O–H groups in total. The average molecular weight is 512 g/mol. The number of benzene rings is 2. The zero-order valence-electron chi connectivity index (χ0n) is 19.6. The second-order valence-electron chi connectivity index (χ2n) is 8.18. The first-order chi connectivity index (χ1) is 17.5. The Balaban J connectivity index is 1.94. The van der Waals surface area contributed by atoms with E-state index < -0.39 is 66.1 Å². The van der Waals surface area contributed by atoms with E-state index in [0.717, 1.165) is 17.0 Å². The highest BCUT2D eigenvalue weighted by Crippen LogP contribution is 2.33. The van der Waals surface area contributed by atoms with Crippen LogP contribution in [0.1, 0.15) is 23.7 Å². The van der Waals surface area contributed by atoms with Crippen molar-refractivity contribution in [3.63, 3.8) is 0 Å². The third kappa shape index (κ3) is 6.20. The zero-order valence-corrected chi connectivity index (χ0v) is 19.6. The number of para-hydroxylation sites is 2. The molecule has 2 atom stereocenters. The zero-order chi connectivity index (χ0) is 27.3. The Bertz CT molecular complexity index is 1260. The number of nitrogens with one attached hydrogen (secondary N) is 2. The molecule has 0 aromatic heterocycles. The van der Waals surface area contributed by atoms with E-state index in [1.54, 1.807) is 18.2 Å². The Morgan fingerprint density at radius 3 is 2.35 bits per heavy atom. The summed E-state index contributed by atoms with van der Waals surface area (Å²) in [6, 6.07) is 6.88. The third-order valence-corrected chi connectivity index (χ3v) is 5.52. The number of carboxylic acid groups (broad SMARTS) is 1. The Morgan fingerprint density at radius 2 is 1.76 bits per heavy atom. The molecular formula is C24H24N4O9. The van der Waals surface area contributed by atoms with E-state index in [9.17, 15) is 39.0 Å². The molecule has 0 spiro atoms. The molecule has 0 saturated carbocycles. The Labute approximate surface area is 210 Å². The normalized spacial score (nSPS) is 15.7. The topological polar surface area (TPSA) is 194 Å². The first-order valence-corrected chi connectivity index (χ1v) is 11.0. The summed E-state index contributed by atoms with van der Waals surface area (Å²) < 4.78 is 0. The lowest BCUT2D eigenvalue weighted by Crippen LogP contribution is -2.54. The summed E-state index contributed by atoms with van der Waals surface area (Å²) in [7, 11) is 0. The Hall–Kier alpha value is -4.94. The number of aromatic hydroxyl groups is 2. The maximum absolute atomic E-state index is 13.6. The van der Waals surface area contributed by atoms with Gasteiger partial charge in [-0.1, -0.05) is 12.1 Å². The fourth-order valence-electron chi connectivity index (χ4n) is 3.78. The number of aliphatic carboxylic acids is 1. The number of hydrogen-bond donors (Lipinski definition) is 5. The van der Waals surface area contributed by atoms with Crippen molar-refractivity contribution in [3.8, 4) is 11.5 Å². The van der Waals surface area contributed by atoms with E-state index in [1.807, 2.05) is 0 Å². The van der Waals surface area contributed by atoms with Gasteiger partial charge >= 0.3 is 5.97 Å². The SMILES string of the molecule is CC(=O)N1C[C@H](NC(=O)c2ccc(O)c(O)c2)C(=O)N(CC(=O)N[C@H](C=O)CC(=O)O)c2ccccc21. The molecule has 0 unspecified atom stereocenters. The maximum Gasteiger partial charge on any atom is 0.305 e. The van der Waals surface area contributed by atoms with Crippen LogP contribution in [-0.2, 0) is 24.0 Å². The monoisotopic (exact) mass is 512 g/mol. The molecular weight excluding hydrogens is 488 g/mol. The number of phenols is 2. The molecule has 37 heavy (non-hydrogen) atoms. The van der Waals surface area contributed by atoms with Crippen LogP contribution in [0.5, 0.6) is 11.5 Å². The lowest BCUT2D eigenvalue weighted by atomic mass is 10.1. The van der Waals surface area contributed by atoms with Crippen LogP contribution in [0.2, 0.25) is 0 Å². The third-order valence-electron chi connectivity index (χ3n) is 5.52.